The van der Waals surface area contributed by atoms with Gasteiger partial charge in [-0.2, -0.15) is 4.31 Å². The highest BCUT2D eigenvalue weighted by molar-refractivity contribution is 7.91. The maximum atomic E-state index is 12.4. The molecule has 84 heavy (non-hydrogen) atoms. The van der Waals surface area contributed by atoms with Gasteiger partial charge >= 0.3 is 0 Å². The first-order valence-corrected chi connectivity index (χ1v) is 30.1. The number of piperidine rings is 1. The van der Waals surface area contributed by atoms with Gasteiger partial charge in [-0.3, -0.25) is 4.79 Å². The second kappa shape index (κ2) is 34.4. The highest BCUT2D eigenvalue weighted by atomic mass is 32.2. The molecule has 3 aromatic heterocycles. The van der Waals surface area contributed by atoms with E-state index in [1.807, 2.05) is 126 Å². The van der Waals surface area contributed by atoms with E-state index in [2.05, 4.69) is 74.3 Å². The van der Waals surface area contributed by atoms with Crippen LogP contribution in [0.25, 0.3) is 33.8 Å². The average Bonchev–Trinajstić information content (AvgIpc) is 4.39. The molecule has 0 atom stereocenters. The number of hydrogen-bond donors (Lipinski definition) is 9. The zero-order valence-corrected chi connectivity index (χ0v) is 50.4. The molecule has 1 fully saturated rings. The van der Waals surface area contributed by atoms with Gasteiger partial charge in [-0.1, -0.05) is 61.0 Å². The number of imidazole rings is 1. The van der Waals surface area contributed by atoms with Crippen LogP contribution >= 0.6 is 0 Å². The Morgan fingerprint density at radius 3 is 1.61 bits per heavy atom. The van der Waals surface area contributed by atoms with Crippen molar-refractivity contribution in [2.75, 3.05) is 107 Å². The van der Waals surface area contributed by atoms with E-state index in [9.17, 15) is 21.6 Å². The van der Waals surface area contributed by atoms with E-state index < -0.39 is 19.9 Å². The molecule has 10 rings (SSSR count). The summed E-state index contributed by atoms with van der Waals surface area (Å²) in [4.78, 5) is 31.1. The molecule has 0 unspecified atom stereocenters. The number of nitrogens with zero attached hydrogens (tertiary/aromatic N) is 5. The fraction of sp³-hybridized carbons (Fsp3) is 0.242. The molecule has 6 aromatic carbocycles. The molecule has 1 amide bonds. The van der Waals surface area contributed by atoms with Crippen molar-refractivity contribution >= 4 is 59.9 Å². The highest BCUT2D eigenvalue weighted by Crippen LogP contribution is 2.25. The van der Waals surface area contributed by atoms with Gasteiger partial charge in [0.15, 0.2) is 22.0 Å². The average molecular weight is 1180 g/mol. The predicted octanol–water partition coefficient (Wildman–Crippen LogP) is 10.5. The number of aliphatic hydroxyl groups excluding tert-OH is 1. The van der Waals surface area contributed by atoms with Crippen molar-refractivity contribution in [2.45, 2.75) is 36.0 Å². The molecule has 1 aliphatic rings. The van der Waals surface area contributed by atoms with Gasteiger partial charge < -0.3 is 51.7 Å². The van der Waals surface area contributed by atoms with Gasteiger partial charge in [-0.15, -0.1) is 0 Å². The third-order valence-corrected chi connectivity index (χ3v) is 16.2. The second-order valence-electron chi connectivity index (χ2n) is 18.3. The molecular weight excluding hydrogens is 1100 g/mol. The van der Waals surface area contributed by atoms with Crippen LogP contribution in [0.15, 0.2) is 197 Å². The van der Waals surface area contributed by atoms with Crippen LogP contribution < -0.4 is 37.2 Å². The number of carbonyl (C=O) groups excluding carboxylic acids is 1. The molecule has 4 heterocycles. The topological polar surface area (TPSA) is 274 Å². The van der Waals surface area contributed by atoms with E-state index in [0.717, 1.165) is 93.0 Å². The summed E-state index contributed by atoms with van der Waals surface area (Å²) in [6.07, 6.45) is 11.5. The molecule has 1 aliphatic heterocycles. The van der Waals surface area contributed by atoms with Crippen molar-refractivity contribution in [2.24, 2.45) is 0 Å². The lowest BCUT2D eigenvalue weighted by atomic mass is 10.1. The van der Waals surface area contributed by atoms with Crippen molar-refractivity contribution < 1.29 is 31.2 Å². The lowest BCUT2D eigenvalue weighted by Gasteiger charge is -2.26. The largest absolute Gasteiger partial charge is 0.444 e. The summed E-state index contributed by atoms with van der Waals surface area (Å²) in [5, 5.41) is 29.2. The molecule has 0 bridgehead atoms. The number of rotatable bonds is 15. The van der Waals surface area contributed by atoms with Crippen LogP contribution in [0.1, 0.15) is 35.4 Å². The van der Waals surface area contributed by atoms with Crippen LogP contribution in [0.3, 0.4) is 0 Å². The third kappa shape index (κ3) is 20.7. The molecule has 9 aromatic rings. The maximum absolute atomic E-state index is 12.4. The zero-order valence-electron chi connectivity index (χ0n) is 48.7. The molecule has 0 spiro atoms. The number of sulfonamides is 1. The van der Waals surface area contributed by atoms with E-state index in [0.29, 0.717) is 23.5 Å². The summed E-state index contributed by atoms with van der Waals surface area (Å²) in [5.41, 5.74) is 11.7. The number of anilines is 6. The van der Waals surface area contributed by atoms with Gasteiger partial charge in [0.25, 0.3) is 5.91 Å². The Kier molecular flexibility index (Phi) is 26.9. The van der Waals surface area contributed by atoms with E-state index in [1.165, 1.54) is 12.5 Å². The monoisotopic (exact) mass is 1180 g/mol. The third-order valence-electron chi connectivity index (χ3n) is 12.6. The van der Waals surface area contributed by atoms with Gasteiger partial charge in [-0.05, 0) is 117 Å². The van der Waals surface area contributed by atoms with E-state index >= 15 is 0 Å². The molecular formula is C62H77N13O7S2. The SMILES string of the molecule is CNC(=O)c1cccc(NC)c1.CNc1cccc(-c2ccnc(C)n2)c1.CNc1cccc(-c2cnc[nH]2)c1.CNc1cccc(-c2cnco2)c1.CNc1cccc(S(=O)(=O)CCO)c1.CNc1cccc(S(=O)(=O)N2CCCCC2)c1. The first-order valence-electron chi connectivity index (χ1n) is 27.0. The van der Waals surface area contributed by atoms with E-state index in [4.69, 9.17) is 9.52 Å². The fourth-order valence-corrected chi connectivity index (χ4v) is 10.6. The number of H-pyrrole nitrogens is 1. The first kappa shape index (κ1) is 65.7. The number of aliphatic hydroxyl groups is 1. The molecule has 444 valence electrons. The van der Waals surface area contributed by atoms with Crippen LogP contribution in [-0.4, -0.2) is 132 Å². The number of aromatic amines is 1. The standard InChI is InChI=1S/C12H13N3.C12H18N2O2S.C10H11N3.C10H10N2O.C9H12N2O.C9H13NO3S/c1-9-14-7-6-12(15-9)10-4-3-5-11(8-10)13-2;1-13-11-6-5-7-12(10-11)17(15,16)14-8-3-2-4-9-14;2*1-11-9-4-2-3-8(5-9)10-6-12-7-13-10;1-10-8-5-3-4-7(6-8)9(12)11-2;1-10-8-3-2-4-9(7-8)14(12,13)6-5-11/h3-8,13H,1-2H3;5-7,10,13H,2-4,8-9H2,1H3;2-7,11H,1H3,(H,12,13);2-7,11H,1H3;3-6,10H,1-2H3,(H,11,12);2-4,7,10-11H,5-6H2,1H3. The Bertz CT molecular complexity index is 3540. The molecule has 22 heteroatoms. The second-order valence-corrected chi connectivity index (χ2v) is 22.3. The number of sulfone groups is 1. The van der Waals surface area contributed by atoms with Crippen molar-refractivity contribution in [3.8, 4) is 33.8 Å². The molecule has 0 radical (unpaired) electrons. The Hall–Kier alpha value is -9.09. The number of nitrogens with one attached hydrogen (secondary N) is 8. The van der Waals surface area contributed by atoms with Gasteiger partial charge in [0, 0.05) is 125 Å². The summed E-state index contributed by atoms with van der Waals surface area (Å²) in [7, 11) is 6.02. The minimum absolute atomic E-state index is 0.0629. The predicted molar refractivity (Wildman–Crippen MR) is 340 cm³/mol. The summed E-state index contributed by atoms with van der Waals surface area (Å²) < 4.78 is 54.5. The number of oxazole rings is 1. The minimum atomic E-state index is -3.33. The number of aryl methyl sites for hydroxylation is 1. The summed E-state index contributed by atoms with van der Waals surface area (Å²) >= 11 is 0. The van der Waals surface area contributed by atoms with Crippen molar-refractivity contribution in [3.05, 3.63) is 194 Å². The molecule has 0 aliphatic carbocycles. The number of amides is 1. The van der Waals surface area contributed by atoms with Crippen LogP contribution in [0.4, 0.5) is 34.1 Å². The molecule has 20 nitrogen and oxygen atoms in total. The van der Waals surface area contributed by atoms with E-state index in [1.54, 1.807) is 92.7 Å². The molecule has 0 saturated carbocycles. The van der Waals surface area contributed by atoms with Crippen LogP contribution in [0, 0.1) is 6.92 Å². The van der Waals surface area contributed by atoms with Gasteiger partial charge in [-0.25, -0.2) is 36.8 Å². The minimum Gasteiger partial charge on any atom is -0.444 e. The highest BCUT2D eigenvalue weighted by Gasteiger charge is 2.26. The quantitative estimate of drug-likeness (QED) is 0.0462. The Labute approximate surface area is 494 Å². The zero-order chi connectivity index (χ0) is 60.7. The van der Waals surface area contributed by atoms with Gasteiger partial charge in [0.1, 0.15) is 5.82 Å². The van der Waals surface area contributed by atoms with E-state index in [-0.39, 0.29) is 23.2 Å². The van der Waals surface area contributed by atoms with Crippen molar-refractivity contribution in [3.63, 3.8) is 0 Å². The molecule has 1 saturated heterocycles. The van der Waals surface area contributed by atoms with Gasteiger partial charge in [0.05, 0.1) is 52.3 Å². The fourth-order valence-electron chi connectivity index (χ4n) is 8.00. The summed E-state index contributed by atoms with van der Waals surface area (Å²) in [6.45, 7) is 2.83. The summed E-state index contributed by atoms with van der Waals surface area (Å²) in [5.74, 6) is 1.28. The van der Waals surface area contributed by atoms with Crippen molar-refractivity contribution in [1.82, 2.24) is 34.5 Å². The Balaban J connectivity index is 0.000000185. The van der Waals surface area contributed by atoms with Crippen LogP contribution in [-0.2, 0) is 19.9 Å². The number of hydrogen-bond acceptors (Lipinski definition) is 17. The Morgan fingerprint density at radius 2 is 1.08 bits per heavy atom. The number of aromatic nitrogens is 5. The maximum Gasteiger partial charge on any atom is 0.251 e. The lowest BCUT2D eigenvalue weighted by molar-refractivity contribution is 0.0963. The molecule has 9 N–H and O–H groups in total. The van der Waals surface area contributed by atoms with Crippen LogP contribution in [0.2, 0.25) is 0 Å². The number of carbonyl (C=O) groups is 1. The first-order chi connectivity index (χ1) is 40.6. The smallest absolute Gasteiger partial charge is 0.251 e. The van der Waals surface area contributed by atoms with Crippen LogP contribution in [0.5, 0.6) is 0 Å². The number of benzene rings is 6. The van der Waals surface area contributed by atoms with Crippen molar-refractivity contribution in [1.29, 1.82) is 0 Å². The Morgan fingerprint density at radius 1 is 0.583 bits per heavy atom. The van der Waals surface area contributed by atoms with Gasteiger partial charge in [0.2, 0.25) is 10.0 Å². The summed E-state index contributed by atoms with van der Waals surface area (Å²) in [6, 6.07) is 47.0. The normalized spacial score (nSPS) is 11.7. The lowest BCUT2D eigenvalue weighted by Crippen LogP contribution is -2.35.